The Morgan fingerprint density at radius 3 is 2.86 bits per heavy atom. The first-order valence-corrected chi connectivity index (χ1v) is 7.14. The van der Waals surface area contributed by atoms with Gasteiger partial charge in [-0.3, -0.25) is 4.79 Å². The van der Waals surface area contributed by atoms with E-state index in [-0.39, 0.29) is 24.9 Å². The van der Waals surface area contributed by atoms with Crippen LogP contribution in [0, 0.1) is 11.7 Å². The van der Waals surface area contributed by atoms with Crippen LogP contribution in [-0.2, 0) is 4.79 Å². The van der Waals surface area contributed by atoms with Gasteiger partial charge in [-0.05, 0) is 25.5 Å². The summed E-state index contributed by atoms with van der Waals surface area (Å²) in [6.45, 7) is 2.56. The molecule has 0 radical (unpaired) electrons. The first-order chi connectivity index (χ1) is 10.5. The largest absolute Gasteiger partial charge is 0.486 e. The van der Waals surface area contributed by atoms with Gasteiger partial charge in [0, 0.05) is 13.1 Å². The number of benzene rings is 1. The highest BCUT2D eigenvalue weighted by atomic mass is 19.1. The molecular formula is C15H19FN2O4. The van der Waals surface area contributed by atoms with E-state index in [0.717, 1.165) is 0 Å². The Kier molecular flexibility index (Phi) is 5.19. The average molecular weight is 310 g/mol. The van der Waals surface area contributed by atoms with Crippen LogP contribution < -0.4 is 10.1 Å². The zero-order chi connectivity index (χ0) is 16.1. The number of aliphatic carboxylic acids is 1. The van der Waals surface area contributed by atoms with Crippen LogP contribution in [0.4, 0.5) is 9.18 Å². The zero-order valence-electron chi connectivity index (χ0n) is 12.3. The number of carbonyl (C=O) groups is 2. The number of para-hydroxylation sites is 1. The van der Waals surface area contributed by atoms with Crippen molar-refractivity contribution in [2.24, 2.45) is 5.92 Å². The van der Waals surface area contributed by atoms with Gasteiger partial charge in [0.05, 0.1) is 12.5 Å². The van der Waals surface area contributed by atoms with Crippen molar-refractivity contribution in [3.63, 3.8) is 0 Å². The molecule has 6 nitrogen and oxygen atoms in total. The Labute approximate surface area is 127 Å². The lowest BCUT2D eigenvalue weighted by Gasteiger charge is -2.20. The fourth-order valence-corrected chi connectivity index (χ4v) is 2.29. The molecule has 2 unspecified atom stereocenters. The molecule has 22 heavy (non-hydrogen) atoms. The topological polar surface area (TPSA) is 78.9 Å². The number of hydrogen-bond acceptors (Lipinski definition) is 3. The standard InChI is InChI=1S/C15H19FN2O4/c1-10(22-13-5-3-2-4-12(13)16)8-17-15(21)18-7-6-11(9-18)14(19)20/h2-5,10-11H,6-9H2,1H3,(H,17,21)(H,19,20). The van der Waals surface area contributed by atoms with E-state index in [1.807, 2.05) is 0 Å². The van der Waals surface area contributed by atoms with Gasteiger partial charge in [0.15, 0.2) is 11.6 Å². The van der Waals surface area contributed by atoms with E-state index >= 15 is 0 Å². The molecule has 1 fully saturated rings. The molecule has 7 heteroatoms. The summed E-state index contributed by atoms with van der Waals surface area (Å²) in [7, 11) is 0. The molecule has 2 N–H and O–H groups in total. The van der Waals surface area contributed by atoms with E-state index < -0.39 is 23.8 Å². The predicted molar refractivity (Wildman–Crippen MR) is 77.2 cm³/mol. The number of carboxylic acids is 1. The first-order valence-electron chi connectivity index (χ1n) is 7.14. The summed E-state index contributed by atoms with van der Waals surface area (Å²) in [6.07, 6.45) is 0.0584. The quantitative estimate of drug-likeness (QED) is 0.868. The second kappa shape index (κ2) is 7.11. The fraction of sp³-hybridized carbons (Fsp3) is 0.467. The van der Waals surface area contributed by atoms with E-state index in [1.165, 1.54) is 17.0 Å². The van der Waals surface area contributed by atoms with Crippen LogP contribution in [0.1, 0.15) is 13.3 Å². The molecule has 0 spiro atoms. The van der Waals surface area contributed by atoms with Gasteiger partial charge in [0.2, 0.25) is 0 Å². The van der Waals surface area contributed by atoms with E-state index in [9.17, 15) is 14.0 Å². The Balaban J connectivity index is 1.77. The number of rotatable bonds is 5. The van der Waals surface area contributed by atoms with Crippen molar-refractivity contribution >= 4 is 12.0 Å². The molecule has 0 saturated carbocycles. The summed E-state index contributed by atoms with van der Waals surface area (Å²) in [5.41, 5.74) is 0. The smallest absolute Gasteiger partial charge is 0.317 e. The molecule has 2 atom stereocenters. The first kappa shape index (κ1) is 16.1. The van der Waals surface area contributed by atoms with Crippen LogP contribution in [-0.4, -0.2) is 47.7 Å². The minimum absolute atomic E-state index is 0.136. The van der Waals surface area contributed by atoms with Gasteiger partial charge < -0.3 is 20.1 Å². The molecule has 1 aromatic rings. The number of carbonyl (C=O) groups excluding carboxylic acids is 1. The van der Waals surface area contributed by atoms with Crippen LogP contribution in [0.15, 0.2) is 24.3 Å². The van der Waals surface area contributed by atoms with Crippen molar-refractivity contribution in [1.82, 2.24) is 10.2 Å². The summed E-state index contributed by atoms with van der Waals surface area (Å²) in [5.74, 6) is -1.70. The van der Waals surface area contributed by atoms with Crippen molar-refractivity contribution in [2.45, 2.75) is 19.4 Å². The normalized spacial score (nSPS) is 18.8. The molecule has 1 heterocycles. The summed E-state index contributed by atoms with van der Waals surface area (Å²) < 4.78 is 18.9. The van der Waals surface area contributed by atoms with Gasteiger partial charge in [-0.25, -0.2) is 9.18 Å². The number of urea groups is 1. The van der Waals surface area contributed by atoms with Crippen LogP contribution >= 0.6 is 0 Å². The average Bonchev–Trinajstić information content (AvgIpc) is 2.97. The Morgan fingerprint density at radius 1 is 1.50 bits per heavy atom. The number of nitrogens with zero attached hydrogens (tertiary/aromatic N) is 1. The van der Waals surface area contributed by atoms with Crippen molar-refractivity contribution in [3.05, 3.63) is 30.1 Å². The molecule has 120 valence electrons. The van der Waals surface area contributed by atoms with Gasteiger partial charge in [-0.1, -0.05) is 12.1 Å². The molecule has 2 rings (SSSR count). The van der Waals surface area contributed by atoms with E-state index in [1.54, 1.807) is 19.1 Å². The maximum absolute atomic E-state index is 13.4. The third-order valence-corrected chi connectivity index (χ3v) is 3.53. The summed E-state index contributed by atoms with van der Waals surface area (Å²) in [5, 5.41) is 11.6. The molecule has 1 aliphatic rings. The molecule has 2 amide bonds. The van der Waals surface area contributed by atoms with Gasteiger partial charge in [0.25, 0.3) is 0 Å². The number of amides is 2. The highest BCUT2D eigenvalue weighted by Crippen LogP contribution is 2.17. The van der Waals surface area contributed by atoms with Gasteiger partial charge in [0.1, 0.15) is 6.10 Å². The maximum Gasteiger partial charge on any atom is 0.317 e. The Hall–Kier alpha value is -2.31. The lowest BCUT2D eigenvalue weighted by atomic mass is 10.1. The molecule has 1 saturated heterocycles. The maximum atomic E-state index is 13.4. The molecule has 1 aromatic carbocycles. The zero-order valence-corrected chi connectivity index (χ0v) is 12.3. The van der Waals surface area contributed by atoms with E-state index in [2.05, 4.69) is 5.32 Å². The number of ether oxygens (including phenoxy) is 1. The number of likely N-dealkylation sites (tertiary alicyclic amines) is 1. The SMILES string of the molecule is CC(CNC(=O)N1CCC(C(=O)O)C1)Oc1ccccc1F. The van der Waals surface area contributed by atoms with Crippen molar-refractivity contribution < 1.29 is 23.8 Å². The lowest BCUT2D eigenvalue weighted by Crippen LogP contribution is -2.42. The fourth-order valence-electron chi connectivity index (χ4n) is 2.29. The predicted octanol–water partition coefficient (Wildman–Crippen LogP) is 1.71. The van der Waals surface area contributed by atoms with Crippen LogP contribution in [0.5, 0.6) is 5.75 Å². The van der Waals surface area contributed by atoms with Crippen LogP contribution in [0.3, 0.4) is 0 Å². The van der Waals surface area contributed by atoms with Crippen LogP contribution in [0.25, 0.3) is 0 Å². The second-order valence-corrected chi connectivity index (χ2v) is 5.31. The van der Waals surface area contributed by atoms with Gasteiger partial charge in [-0.2, -0.15) is 0 Å². The number of carboxylic acid groups (broad SMARTS) is 1. The highest BCUT2D eigenvalue weighted by molar-refractivity contribution is 5.77. The van der Waals surface area contributed by atoms with Crippen molar-refractivity contribution in [3.8, 4) is 5.75 Å². The van der Waals surface area contributed by atoms with Gasteiger partial charge >= 0.3 is 12.0 Å². The third-order valence-electron chi connectivity index (χ3n) is 3.53. The minimum atomic E-state index is -0.883. The molecule has 0 bridgehead atoms. The number of hydrogen-bond donors (Lipinski definition) is 2. The molecule has 0 aromatic heterocycles. The van der Waals surface area contributed by atoms with Crippen molar-refractivity contribution in [1.29, 1.82) is 0 Å². The molecule has 1 aliphatic heterocycles. The highest BCUT2D eigenvalue weighted by Gasteiger charge is 2.30. The Morgan fingerprint density at radius 2 is 2.23 bits per heavy atom. The Bertz CT molecular complexity index is 552. The van der Waals surface area contributed by atoms with Crippen LogP contribution in [0.2, 0.25) is 0 Å². The van der Waals surface area contributed by atoms with Crippen molar-refractivity contribution in [2.75, 3.05) is 19.6 Å². The van der Waals surface area contributed by atoms with E-state index in [4.69, 9.17) is 9.84 Å². The minimum Gasteiger partial charge on any atom is -0.486 e. The molecule has 0 aliphatic carbocycles. The number of halogens is 1. The number of nitrogens with one attached hydrogen (secondary N) is 1. The molecular weight excluding hydrogens is 291 g/mol. The lowest BCUT2D eigenvalue weighted by molar-refractivity contribution is -0.141. The summed E-state index contributed by atoms with van der Waals surface area (Å²) >= 11 is 0. The van der Waals surface area contributed by atoms with E-state index in [0.29, 0.717) is 13.0 Å². The van der Waals surface area contributed by atoms with Gasteiger partial charge in [-0.15, -0.1) is 0 Å². The monoisotopic (exact) mass is 310 g/mol. The summed E-state index contributed by atoms with van der Waals surface area (Å²) in [6, 6.07) is 5.73. The third kappa shape index (κ3) is 4.09. The second-order valence-electron chi connectivity index (χ2n) is 5.31. The summed E-state index contributed by atoms with van der Waals surface area (Å²) in [4.78, 5) is 24.3.